The third kappa shape index (κ3) is 3.22. The van der Waals surface area contributed by atoms with Gasteiger partial charge in [0.1, 0.15) is 0 Å². The first kappa shape index (κ1) is 17.0. The lowest BCUT2D eigenvalue weighted by Gasteiger charge is -2.23. The Morgan fingerprint density at radius 3 is 2.76 bits per heavy atom. The highest BCUT2D eigenvalue weighted by Gasteiger charge is 2.50. The fraction of sp³-hybridized carbons (Fsp3) is 0.389. The topological polar surface area (TPSA) is 90.0 Å². The largest absolute Gasteiger partial charge is 0.463 e. The second-order valence-electron chi connectivity index (χ2n) is 5.78. The number of fused-ring (bicyclic) bond motifs is 1. The Kier molecular flexibility index (Phi) is 4.74. The number of hydrogen-bond donors (Lipinski definition) is 1. The van der Waals surface area contributed by atoms with Crippen LogP contribution in [0.5, 0.6) is 0 Å². The fourth-order valence-electron chi connectivity index (χ4n) is 2.93. The van der Waals surface area contributed by atoms with Crippen LogP contribution in [0.3, 0.4) is 0 Å². The first-order valence-corrected chi connectivity index (χ1v) is 8.24. The van der Waals surface area contributed by atoms with E-state index in [4.69, 9.17) is 14.3 Å². The number of nitrogens with one attached hydrogen (secondary N) is 1. The zero-order valence-corrected chi connectivity index (χ0v) is 14.2. The Labute approximate surface area is 144 Å². The predicted octanol–water partition coefficient (Wildman–Crippen LogP) is 2.35. The van der Waals surface area contributed by atoms with Crippen molar-refractivity contribution >= 4 is 28.6 Å². The van der Waals surface area contributed by atoms with E-state index < -0.39 is 17.5 Å². The highest BCUT2D eigenvalue weighted by atomic mass is 16.7. The molecule has 1 unspecified atom stereocenters. The molecule has 0 saturated heterocycles. The monoisotopic (exact) mass is 344 g/mol. The molecule has 25 heavy (non-hydrogen) atoms. The zero-order valence-electron chi connectivity index (χ0n) is 14.2. The summed E-state index contributed by atoms with van der Waals surface area (Å²) in [4.78, 5) is 33.1. The van der Waals surface area contributed by atoms with E-state index in [1.165, 1.54) is 0 Å². The van der Waals surface area contributed by atoms with Crippen LogP contribution in [0.25, 0.3) is 10.9 Å². The van der Waals surface area contributed by atoms with Crippen molar-refractivity contribution in [3.05, 3.63) is 36.0 Å². The molecule has 7 heteroatoms. The van der Waals surface area contributed by atoms with Gasteiger partial charge in [-0.3, -0.25) is 0 Å². The maximum absolute atomic E-state index is 12.6. The number of aromatic nitrogens is 1. The van der Waals surface area contributed by atoms with E-state index in [9.17, 15) is 9.59 Å². The summed E-state index contributed by atoms with van der Waals surface area (Å²) in [7, 11) is 0. The summed E-state index contributed by atoms with van der Waals surface area (Å²) in [5.74, 6) is -1.11. The third-order valence-electron chi connectivity index (χ3n) is 4.09. The van der Waals surface area contributed by atoms with Gasteiger partial charge >= 0.3 is 11.9 Å². The van der Waals surface area contributed by atoms with Gasteiger partial charge in [-0.1, -0.05) is 23.4 Å². The molecule has 0 radical (unpaired) electrons. The summed E-state index contributed by atoms with van der Waals surface area (Å²) in [6.07, 6.45) is 2.09. The number of rotatable bonds is 6. The normalized spacial score (nSPS) is 19.4. The van der Waals surface area contributed by atoms with Gasteiger partial charge in [-0.2, -0.15) is 0 Å². The number of H-pyrrole nitrogens is 1. The second-order valence-corrected chi connectivity index (χ2v) is 5.78. The number of hydrogen-bond acceptors (Lipinski definition) is 6. The van der Waals surface area contributed by atoms with Gasteiger partial charge in [0, 0.05) is 23.5 Å². The van der Waals surface area contributed by atoms with Crippen molar-refractivity contribution in [3.8, 4) is 0 Å². The number of carbonyl (C=O) groups excluding carboxylic acids is 2. The molecule has 1 N–H and O–H groups in total. The average molecular weight is 344 g/mol. The molecule has 3 rings (SSSR count). The Morgan fingerprint density at radius 2 is 2.00 bits per heavy atom. The SMILES string of the molecule is CCOC(=O)C1=NOC(Cc2c[nH]c3ccccc23)(C(=O)OCC)C1. The summed E-state index contributed by atoms with van der Waals surface area (Å²) in [6, 6.07) is 7.76. The quantitative estimate of drug-likeness (QED) is 0.813. The molecule has 0 amide bonds. The summed E-state index contributed by atoms with van der Waals surface area (Å²) in [5.41, 5.74) is 0.586. The van der Waals surface area contributed by atoms with Crippen LogP contribution in [0.4, 0.5) is 0 Å². The van der Waals surface area contributed by atoms with Crippen molar-refractivity contribution in [2.24, 2.45) is 5.16 Å². The Balaban J connectivity index is 1.89. The maximum Gasteiger partial charge on any atom is 0.356 e. The van der Waals surface area contributed by atoms with Gasteiger partial charge in [-0.05, 0) is 25.5 Å². The number of benzene rings is 1. The molecule has 2 aromatic rings. The van der Waals surface area contributed by atoms with Crippen LogP contribution < -0.4 is 0 Å². The minimum atomic E-state index is -1.36. The molecule has 1 aliphatic rings. The van der Waals surface area contributed by atoms with Crippen LogP contribution in [-0.2, 0) is 30.3 Å². The maximum atomic E-state index is 12.6. The van der Waals surface area contributed by atoms with Crippen molar-refractivity contribution < 1.29 is 23.9 Å². The standard InChI is InChI=1S/C18H20N2O5/c1-3-23-16(21)15-10-18(25-20-15,17(22)24-4-2)9-12-11-19-14-8-6-5-7-13(12)14/h5-8,11,19H,3-4,9-10H2,1-2H3. The van der Waals surface area contributed by atoms with E-state index in [1.54, 1.807) is 13.8 Å². The Morgan fingerprint density at radius 1 is 1.24 bits per heavy atom. The third-order valence-corrected chi connectivity index (χ3v) is 4.09. The first-order valence-electron chi connectivity index (χ1n) is 8.24. The molecule has 0 spiro atoms. The van der Waals surface area contributed by atoms with Gasteiger partial charge in [-0.15, -0.1) is 0 Å². The van der Waals surface area contributed by atoms with Gasteiger partial charge in [0.05, 0.1) is 19.6 Å². The average Bonchev–Trinajstić information content (AvgIpc) is 3.22. The van der Waals surface area contributed by atoms with E-state index in [2.05, 4.69) is 10.1 Å². The van der Waals surface area contributed by atoms with Gasteiger partial charge in [0.2, 0.25) is 5.60 Å². The van der Waals surface area contributed by atoms with E-state index in [-0.39, 0.29) is 31.8 Å². The van der Waals surface area contributed by atoms with Crippen LogP contribution in [0.1, 0.15) is 25.8 Å². The Hall–Kier alpha value is -2.83. The molecule has 132 valence electrons. The summed E-state index contributed by atoms with van der Waals surface area (Å²) >= 11 is 0. The van der Waals surface area contributed by atoms with Crippen molar-refractivity contribution in [1.29, 1.82) is 0 Å². The van der Waals surface area contributed by atoms with E-state index in [0.717, 1.165) is 16.5 Å². The lowest BCUT2D eigenvalue weighted by Crippen LogP contribution is -2.43. The summed E-state index contributed by atoms with van der Waals surface area (Å²) < 4.78 is 10.1. The molecule has 0 fully saturated rings. The molecule has 0 aliphatic carbocycles. The number of esters is 2. The lowest BCUT2D eigenvalue weighted by atomic mass is 9.89. The van der Waals surface area contributed by atoms with Crippen LogP contribution in [0.2, 0.25) is 0 Å². The highest BCUT2D eigenvalue weighted by Crippen LogP contribution is 2.32. The minimum absolute atomic E-state index is 0.0180. The van der Waals surface area contributed by atoms with Crippen LogP contribution >= 0.6 is 0 Å². The summed E-state index contributed by atoms with van der Waals surface area (Å²) in [6.45, 7) is 3.87. The molecular weight excluding hydrogens is 324 g/mol. The number of ether oxygens (including phenoxy) is 2. The zero-order chi connectivity index (χ0) is 17.9. The van der Waals surface area contributed by atoms with Gasteiger partial charge < -0.3 is 19.3 Å². The van der Waals surface area contributed by atoms with Gasteiger partial charge in [0.25, 0.3) is 0 Å². The molecule has 1 aromatic heterocycles. The molecule has 1 aromatic carbocycles. The van der Waals surface area contributed by atoms with Crippen molar-refractivity contribution in [2.45, 2.75) is 32.3 Å². The van der Waals surface area contributed by atoms with E-state index in [0.29, 0.717) is 0 Å². The van der Waals surface area contributed by atoms with Crippen LogP contribution in [0.15, 0.2) is 35.6 Å². The van der Waals surface area contributed by atoms with Gasteiger partial charge in [-0.25, -0.2) is 9.59 Å². The van der Waals surface area contributed by atoms with Crippen LogP contribution in [-0.4, -0.2) is 41.4 Å². The molecule has 1 atom stereocenters. The first-order chi connectivity index (χ1) is 12.1. The molecule has 7 nitrogen and oxygen atoms in total. The number of oxime groups is 1. The molecule has 2 heterocycles. The predicted molar refractivity (Wildman–Crippen MR) is 91.1 cm³/mol. The van der Waals surface area contributed by atoms with Gasteiger partial charge in [0.15, 0.2) is 5.71 Å². The molecule has 0 saturated carbocycles. The van der Waals surface area contributed by atoms with Crippen molar-refractivity contribution in [2.75, 3.05) is 13.2 Å². The molecular formula is C18H20N2O5. The smallest absolute Gasteiger partial charge is 0.356 e. The molecule has 1 aliphatic heterocycles. The lowest BCUT2D eigenvalue weighted by molar-refractivity contribution is -0.168. The summed E-state index contributed by atoms with van der Waals surface area (Å²) in [5, 5.41) is 4.79. The van der Waals surface area contributed by atoms with Crippen molar-refractivity contribution in [3.63, 3.8) is 0 Å². The minimum Gasteiger partial charge on any atom is -0.463 e. The van der Waals surface area contributed by atoms with E-state index >= 15 is 0 Å². The number of aromatic amines is 1. The van der Waals surface area contributed by atoms with Crippen LogP contribution in [0, 0.1) is 0 Å². The fourth-order valence-corrected chi connectivity index (χ4v) is 2.93. The number of carbonyl (C=O) groups is 2. The number of nitrogens with zero attached hydrogens (tertiary/aromatic N) is 1. The number of para-hydroxylation sites is 1. The van der Waals surface area contributed by atoms with E-state index in [1.807, 2.05) is 30.5 Å². The molecule has 0 bridgehead atoms. The second kappa shape index (κ2) is 6.96. The van der Waals surface area contributed by atoms with Crippen molar-refractivity contribution in [1.82, 2.24) is 4.98 Å². The highest BCUT2D eigenvalue weighted by molar-refractivity contribution is 6.37. The Bertz CT molecular complexity index is 826.